The summed E-state index contributed by atoms with van der Waals surface area (Å²) in [6.07, 6.45) is 0.155. The van der Waals surface area contributed by atoms with Gasteiger partial charge >= 0.3 is 0 Å². The first-order chi connectivity index (χ1) is 12.7. The van der Waals surface area contributed by atoms with Gasteiger partial charge in [0.15, 0.2) is 0 Å². The average Bonchev–Trinajstić information content (AvgIpc) is 2.58. The smallest absolute Gasteiger partial charge is 0.226 e. The van der Waals surface area contributed by atoms with E-state index in [1.54, 1.807) is 18.2 Å². The molecule has 27 heavy (non-hydrogen) atoms. The Bertz CT molecular complexity index is 841. The Labute approximate surface area is 165 Å². The number of hydrogen-bond acceptors (Lipinski definition) is 3. The minimum atomic E-state index is -0.189. The number of hydrogen-bond donors (Lipinski definition) is 1. The minimum absolute atomic E-state index is 0.155. The molecule has 0 aliphatic rings. The van der Waals surface area contributed by atoms with Crippen LogP contribution >= 0.6 is 11.6 Å². The van der Waals surface area contributed by atoms with Crippen LogP contribution in [0.15, 0.2) is 30.3 Å². The van der Waals surface area contributed by atoms with Gasteiger partial charge in [-0.05, 0) is 50.1 Å². The highest BCUT2D eigenvalue weighted by Gasteiger charge is 2.18. The molecule has 0 atom stereocenters. The maximum Gasteiger partial charge on any atom is 0.226 e. The molecular formula is C21H25ClN2O3. The van der Waals surface area contributed by atoms with E-state index in [4.69, 9.17) is 16.3 Å². The molecule has 2 rings (SSSR count). The molecule has 6 heteroatoms. The number of halogens is 1. The van der Waals surface area contributed by atoms with Crippen molar-refractivity contribution in [2.45, 2.75) is 34.1 Å². The lowest BCUT2D eigenvalue weighted by molar-refractivity contribution is -0.117. The van der Waals surface area contributed by atoms with Crippen LogP contribution in [0.1, 0.15) is 30.0 Å². The number of aryl methyl sites for hydroxylation is 3. The lowest BCUT2D eigenvalue weighted by Gasteiger charge is -2.23. The lowest BCUT2D eigenvalue weighted by Crippen LogP contribution is -2.32. The van der Waals surface area contributed by atoms with Gasteiger partial charge in [0.2, 0.25) is 11.8 Å². The van der Waals surface area contributed by atoms with Crippen LogP contribution in [0.25, 0.3) is 0 Å². The van der Waals surface area contributed by atoms with Crippen LogP contribution in [0.3, 0.4) is 0 Å². The van der Waals surface area contributed by atoms with E-state index in [1.165, 1.54) is 18.9 Å². The zero-order chi connectivity index (χ0) is 20.1. The van der Waals surface area contributed by atoms with Crippen molar-refractivity contribution in [2.24, 2.45) is 0 Å². The summed E-state index contributed by atoms with van der Waals surface area (Å²) in [7, 11) is 1.53. The molecule has 2 aromatic carbocycles. The summed E-state index contributed by atoms with van der Waals surface area (Å²) in [5.41, 5.74) is 4.55. The summed E-state index contributed by atoms with van der Waals surface area (Å²) in [6, 6.07) is 9.11. The van der Waals surface area contributed by atoms with E-state index in [0.29, 0.717) is 16.5 Å². The van der Waals surface area contributed by atoms with Gasteiger partial charge in [-0.2, -0.15) is 0 Å². The topological polar surface area (TPSA) is 58.6 Å². The molecule has 0 spiro atoms. The van der Waals surface area contributed by atoms with E-state index in [0.717, 1.165) is 22.4 Å². The van der Waals surface area contributed by atoms with E-state index in [9.17, 15) is 9.59 Å². The summed E-state index contributed by atoms with van der Waals surface area (Å²) in [5.74, 6) is 0.184. The van der Waals surface area contributed by atoms with Crippen LogP contribution in [0.5, 0.6) is 5.75 Å². The van der Waals surface area contributed by atoms with Gasteiger partial charge in [-0.25, -0.2) is 0 Å². The van der Waals surface area contributed by atoms with Crippen molar-refractivity contribution in [3.8, 4) is 5.75 Å². The summed E-state index contributed by atoms with van der Waals surface area (Å²) in [6.45, 7) is 7.63. The minimum Gasteiger partial charge on any atom is -0.495 e. The molecule has 2 aromatic rings. The Balaban J connectivity index is 2.14. The first-order valence-corrected chi connectivity index (χ1v) is 9.10. The normalized spacial score (nSPS) is 10.4. The third-order valence-electron chi connectivity index (χ3n) is 4.32. The first-order valence-electron chi connectivity index (χ1n) is 8.72. The first kappa shape index (κ1) is 20.8. The number of ether oxygens (including phenoxy) is 1. The van der Waals surface area contributed by atoms with E-state index in [1.807, 2.05) is 32.9 Å². The van der Waals surface area contributed by atoms with Crippen LogP contribution in [-0.4, -0.2) is 25.5 Å². The molecule has 2 amide bonds. The molecule has 0 aromatic heterocycles. The molecule has 0 bridgehead atoms. The number of benzene rings is 2. The molecule has 5 nitrogen and oxygen atoms in total. The van der Waals surface area contributed by atoms with Gasteiger partial charge in [0.25, 0.3) is 0 Å². The molecule has 0 unspecified atom stereocenters. The molecule has 0 saturated heterocycles. The lowest BCUT2D eigenvalue weighted by atomic mass is 10.0. The van der Waals surface area contributed by atoms with Crippen molar-refractivity contribution in [3.05, 3.63) is 52.0 Å². The summed E-state index contributed by atoms with van der Waals surface area (Å²) < 4.78 is 5.32. The molecule has 0 aliphatic carbocycles. The Morgan fingerprint density at radius 3 is 2.30 bits per heavy atom. The Morgan fingerprint density at radius 1 is 1.11 bits per heavy atom. The van der Waals surface area contributed by atoms with Crippen molar-refractivity contribution in [2.75, 3.05) is 23.9 Å². The van der Waals surface area contributed by atoms with Gasteiger partial charge in [0, 0.05) is 30.6 Å². The Kier molecular flexibility index (Phi) is 6.86. The molecule has 0 radical (unpaired) electrons. The van der Waals surface area contributed by atoms with Crippen LogP contribution in [-0.2, 0) is 9.59 Å². The number of nitrogens with one attached hydrogen (secondary N) is 1. The average molecular weight is 389 g/mol. The van der Waals surface area contributed by atoms with Crippen molar-refractivity contribution < 1.29 is 14.3 Å². The SMILES string of the molecule is COc1ccc(Cl)cc1N(CCC(=O)Nc1c(C)cc(C)cc1C)C(C)=O. The second kappa shape index (κ2) is 8.91. The van der Waals surface area contributed by atoms with E-state index < -0.39 is 0 Å². The van der Waals surface area contributed by atoms with Gasteiger partial charge < -0.3 is 15.0 Å². The molecule has 1 N–H and O–H groups in total. The van der Waals surface area contributed by atoms with E-state index in [-0.39, 0.29) is 24.8 Å². The number of anilines is 2. The van der Waals surface area contributed by atoms with Gasteiger partial charge in [-0.3, -0.25) is 9.59 Å². The highest BCUT2D eigenvalue weighted by Crippen LogP contribution is 2.31. The largest absolute Gasteiger partial charge is 0.495 e. The van der Waals surface area contributed by atoms with Crippen LogP contribution in [0, 0.1) is 20.8 Å². The molecule has 144 valence electrons. The number of nitrogens with zero attached hydrogens (tertiary/aromatic N) is 1. The van der Waals surface area contributed by atoms with Crippen molar-refractivity contribution >= 4 is 34.8 Å². The fraction of sp³-hybridized carbons (Fsp3) is 0.333. The van der Waals surface area contributed by atoms with Gasteiger partial charge in [-0.1, -0.05) is 29.3 Å². The summed E-state index contributed by atoms with van der Waals surface area (Å²) >= 11 is 6.07. The second-order valence-electron chi connectivity index (χ2n) is 6.56. The van der Waals surface area contributed by atoms with Gasteiger partial charge in [-0.15, -0.1) is 0 Å². The zero-order valence-electron chi connectivity index (χ0n) is 16.4. The quantitative estimate of drug-likeness (QED) is 0.783. The number of methoxy groups -OCH3 is 1. The van der Waals surface area contributed by atoms with Crippen molar-refractivity contribution in [1.29, 1.82) is 0 Å². The molecule has 0 saturated carbocycles. The number of carbonyl (C=O) groups excluding carboxylic acids is 2. The highest BCUT2D eigenvalue weighted by molar-refractivity contribution is 6.31. The summed E-state index contributed by atoms with van der Waals surface area (Å²) in [5, 5.41) is 3.45. The number of carbonyl (C=O) groups is 2. The van der Waals surface area contributed by atoms with Gasteiger partial charge in [0.1, 0.15) is 5.75 Å². The predicted molar refractivity (Wildman–Crippen MR) is 110 cm³/mol. The third kappa shape index (κ3) is 5.23. The maximum atomic E-state index is 12.5. The molecule has 0 aliphatic heterocycles. The second-order valence-corrected chi connectivity index (χ2v) is 7.00. The molecular weight excluding hydrogens is 364 g/mol. The third-order valence-corrected chi connectivity index (χ3v) is 4.55. The van der Waals surface area contributed by atoms with E-state index >= 15 is 0 Å². The van der Waals surface area contributed by atoms with Crippen LogP contribution < -0.4 is 15.0 Å². The van der Waals surface area contributed by atoms with Crippen LogP contribution in [0.2, 0.25) is 5.02 Å². The standard InChI is InChI=1S/C21H25ClN2O3/c1-13-10-14(2)21(15(3)11-13)23-20(26)8-9-24(16(4)25)18-12-17(22)6-7-19(18)27-5/h6-7,10-12H,8-9H2,1-5H3,(H,23,26). The fourth-order valence-electron chi connectivity index (χ4n) is 3.11. The van der Waals surface area contributed by atoms with Crippen molar-refractivity contribution in [1.82, 2.24) is 0 Å². The Morgan fingerprint density at radius 2 is 1.74 bits per heavy atom. The molecule has 0 fully saturated rings. The molecule has 0 heterocycles. The highest BCUT2D eigenvalue weighted by atomic mass is 35.5. The maximum absolute atomic E-state index is 12.5. The van der Waals surface area contributed by atoms with Crippen molar-refractivity contribution in [3.63, 3.8) is 0 Å². The van der Waals surface area contributed by atoms with Crippen LogP contribution in [0.4, 0.5) is 11.4 Å². The number of rotatable bonds is 6. The monoisotopic (exact) mass is 388 g/mol. The zero-order valence-corrected chi connectivity index (χ0v) is 17.1. The summed E-state index contributed by atoms with van der Waals surface area (Å²) in [4.78, 5) is 26.1. The Hall–Kier alpha value is -2.53. The predicted octanol–water partition coefficient (Wildman–Crippen LogP) is 4.66. The van der Waals surface area contributed by atoms with Gasteiger partial charge in [0.05, 0.1) is 12.8 Å². The fourth-order valence-corrected chi connectivity index (χ4v) is 3.28. The number of amides is 2. The van der Waals surface area contributed by atoms with E-state index in [2.05, 4.69) is 5.32 Å².